The lowest BCUT2D eigenvalue weighted by Crippen LogP contribution is -1.80. The second kappa shape index (κ2) is 7.86. The van der Waals surface area contributed by atoms with Crippen molar-refractivity contribution in [3.8, 4) is 11.8 Å². The Morgan fingerprint density at radius 2 is 1.28 bits per heavy atom. The Hall–Kier alpha value is -2.33. The molecule has 0 heterocycles. The predicted molar refractivity (Wildman–Crippen MR) is 75.6 cm³/mol. The lowest BCUT2D eigenvalue weighted by atomic mass is 10.1. The van der Waals surface area contributed by atoms with Gasteiger partial charge in [-0.15, -0.1) is 0 Å². The molecule has 0 aliphatic heterocycles. The van der Waals surface area contributed by atoms with E-state index in [1.807, 2.05) is 56.3 Å². The summed E-state index contributed by atoms with van der Waals surface area (Å²) < 4.78 is 0. The Balaban J connectivity index is 0.000000771. The molecule has 1 heteroatoms. The van der Waals surface area contributed by atoms with Crippen LogP contribution >= 0.6 is 0 Å². The molecule has 2 aromatic carbocycles. The third-order valence-electron chi connectivity index (χ3n) is 2.17. The molecule has 1 nitrogen and oxygen atoms in total. The van der Waals surface area contributed by atoms with Crippen LogP contribution in [0, 0.1) is 11.8 Å². The molecule has 90 valence electrons. The highest BCUT2D eigenvalue weighted by Gasteiger charge is 1.89. The van der Waals surface area contributed by atoms with Crippen molar-refractivity contribution in [3.63, 3.8) is 0 Å². The fourth-order valence-electron chi connectivity index (χ4n) is 1.31. The highest BCUT2D eigenvalue weighted by Crippen LogP contribution is 2.01. The maximum Gasteiger partial charge on any atom is 0.150 e. The zero-order chi connectivity index (χ0) is 13.2. The first-order valence-corrected chi connectivity index (χ1v) is 6.01. The van der Waals surface area contributed by atoms with Crippen LogP contribution in [0.1, 0.15) is 35.3 Å². The van der Waals surface area contributed by atoms with Crippen LogP contribution in [-0.2, 0) is 0 Å². The fraction of sp³-hybridized carbons (Fsp3) is 0.118. The number of hydrogen-bond donors (Lipinski definition) is 0. The van der Waals surface area contributed by atoms with Crippen molar-refractivity contribution in [1.29, 1.82) is 0 Å². The van der Waals surface area contributed by atoms with Gasteiger partial charge in [-0.3, -0.25) is 4.79 Å². The highest BCUT2D eigenvalue weighted by molar-refractivity contribution is 5.74. The van der Waals surface area contributed by atoms with Crippen LogP contribution in [0.5, 0.6) is 0 Å². The van der Waals surface area contributed by atoms with Gasteiger partial charge in [-0.2, -0.15) is 0 Å². The third-order valence-corrected chi connectivity index (χ3v) is 2.17. The zero-order valence-electron chi connectivity index (χ0n) is 10.7. The SMILES string of the molecule is CC.O=Cc1ccc(C#Cc2ccccc2)cc1. The average molecular weight is 236 g/mol. The van der Waals surface area contributed by atoms with Gasteiger partial charge in [0.05, 0.1) is 0 Å². The molecule has 0 aliphatic carbocycles. The zero-order valence-corrected chi connectivity index (χ0v) is 10.7. The molecule has 0 amide bonds. The molecule has 0 saturated carbocycles. The van der Waals surface area contributed by atoms with E-state index in [1.54, 1.807) is 12.1 Å². The van der Waals surface area contributed by atoms with Crippen molar-refractivity contribution in [2.75, 3.05) is 0 Å². The fourth-order valence-corrected chi connectivity index (χ4v) is 1.31. The maximum absolute atomic E-state index is 10.5. The van der Waals surface area contributed by atoms with Gasteiger partial charge in [0.25, 0.3) is 0 Å². The van der Waals surface area contributed by atoms with E-state index in [0.717, 1.165) is 17.4 Å². The summed E-state index contributed by atoms with van der Waals surface area (Å²) in [4.78, 5) is 10.5. The minimum absolute atomic E-state index is 0.672. The number of aldehydes is 1. The van der Waals surface area contributed by atoms with Crippen LogP contribution < -0.4 is 0 Å². The van der Waals surface area contributed by atoms with E-state index in [0.29, 0.717) is 5.56 Å². The van der Waals surface area contributed by atoms with Gasteiger partial charge >= 0.3 is 0 Å². The molecule has 0 saturated heterocycles. The van der Waals surface area contributed by atoms with E-state index in [2.05, 4.69) is 11.8 Å². The molecule has 2 rings (SSSR count). The normalized spacial score (nSPS) is 8.33. The van der Waals surface area contributed by atoms with Crippen molar-refractivity contribution in [2.45, 2.75) is 13.8 Å². The van der Waals surface area contributed by atoms with Crippen LogP contribution in [0.3, 0.4) is 0 Å². The van der Waals surface area contributed by atoms with Gasteiger partial charge in [0.1, 0.15) is 6.29 Å². The summed E-state index contributed by atoms with van der Waals surface area (Å²) in [5.41, 5.74) is 2.57. The Kier molecular flexibility index (Phi) is 6.00. The van der Waals surface area contributed by atoms with E-state index in [1.165, 1.54) is 0 Å². The van der Waals surface area contributed by atoms with E-state index in [-0.39, 0.29) is 0 Å². The van der Waals surface area contributed by atoms with Gasteiger partial charge in [0.2, 0.25) is 0 Å². The van der Waals surface area contributed by atoms with E-state index >= 15 is 0 Å². The summed E-state index contributed by atoms with van der Waals surface area (Å²) in [6.07, 6.45) is 0.828. The molecule has 0 bridgehead atoms. The molecular formula is C17H16O. The van der Waals surface area contributed by atoms with Gasteiger partial charge in [0.15, 0.2) is 0 Å². The summed E-state index contributed by atoms with van der Waals surface area (Å²) in [5.74, 6) is 6.11. The van der Waals surface area contributed by atoms with E-state index < -0.39 is 0 Å². The van der Waals surface area contributed by atoms with Gasteiger partial charge in [-0.1, -0.05) is 56.0 Å². The molecule has 0 aliphatic rings. The Morgan fingerprint density at radius 1 is 0.778 bits per heavy atom. The lowest BCUT2D eigenvalue weighted by molar-refractivity contribution is 0.112. The van der Waals surface area contributed by atoms with Gasteiger partial charge in [-0.25, -0.2) is 0 Å². The minimum atomic E-state index is 0.672. The molecule has 18 heavy (non-hydrogen) atoms. The number of hydrogen-bond acceptors (Lipinski definition) is 1. The summed E-state index contributed by atoms with van der Waals surface area (Å²) >= 11 is 0. The first kappa shape index (κ1) is 13.7. The van der Waals surface area contributed by atoms with Gasteiger partial charge in [-0.05, 0) is 24.3 Å². The molecule has 0 N–H and O–H groups in total. The molecule has 0 fully saturated rings. The minimum Gasteiger partial charge on any atom is -0.298 e. The molecule has 2 aromatic rings. The van der Waals surface area contributed by atoms with Crippen LogP contribution in [0.4, 0.5) is 0 Å². The van der Waals surface area contributed by atoms with Crippen molar-refractivity contribution in [1.82, 2.24) is 0 Å². The summed E-state index contributed by atoms with van der Waals surface area (Å²) in [5, 5.41) is 0. The first-order chi connectivity index (χ1) is 8.88. The van der Waals surface area contributed by atoms with Gasteiger partial charge < -0.3 is 0 Å². The Morgan fingerprint density at radius 3 is 1.78 bits per heavy atom. The topological polar surface area (TPSA) is 17.1 Å². The Labute approximate surface area is 108 Å². The first-order valence-electron chi connectivity index (χ1n) is 6.01. The molecule has 0 aromatic heterocycles. The number of carbonyl (C=O) groups excluding carboxylic acids is 1. The second-order valence-electron chi connectivity index (χ2n) is 3.36. The van der Waals surface area contributed by atoms with Crippen LogP contribution in [-0.4, -0.2) is 6.29 Å². The molecule has 0 spiro atoms. The largest absolute Gasteiger partial charge is 0.298 e. The molecule has 0 radical (unpaired) electrons. The van der Waals surface area contributed by atoms with E-state index in [4.69, 9.17) is 0 Å². The second-order valence-corrected chi connectivity index (χ2v) is 3.36. The lowest BCUT2D eigenvalue weighted by Gasteiger charge is -1.91. The van der Waals surface area contributed by atoms with E-state index in [9.17, 15) is 4.79 Å². The monoisotopic (exact) mass is 236 g/mol. The number of carbonyl (C=O) groups is 1. The third kappa shape index (κ3) is 4.27. The van der Waals surface area contributed by atoms with Gasteiger partial charge in [0, 0.05) is 16.7 Å². The summed E-state index contributed by atoms with van der Waals surface area (Å²) in [6, 6.07) is 17.0. The molecule has 0 unspecified atom stereocenters. The van der Waals surface area contributed by atoms with Crippen LogP contribution in [0.25, 0.3) is 0 Å². The molecular weight excluding hydrogens is 220 g/mol. The quantitative estimate of drug-likeness (QED) is 0.541. The van der Waals surface area contributed by atoms with Crippen molar-refractivity contribution >= 4 is 6.29 Å². The van der Waals surface area contributed by atoms with Crippen LogP contribution in [0.15, 0.2) is 54.6 Å². The number of benzene rings is 2. The van der Waals surface area contributed by atoms with Crippen molar-refractivity contribution < 1.29 is 4.79 Å². The Bertz CT molecular complexity index is 527. The number of rotatable bonds is 1. The highest BCUT2D eigenvalue weighted by atomic mass is 16.1. The standard InChI is InChI=1S/C15H10O.C2H6/c16-12-15-10-8-14(9-11-15)7-6-13-4-2-1-3-5-13;1-2/h1-5,8-12H;1-2H3. The smallest absolute Gasteiger partial charge is 0.150 e. The predicted octanol–water partition coefficient (Wildman–Crippen LogP) is 3.93. The van der Waals surface area contributed by atoms with Crippen molar-refractivity contribution in [3.05, 3.63) is 71.3 Å². The summed E-state index contributed by atoms with van der Waals surface area (Å²) in [7, 11) is 0. The van der Waals surface area contributed by atoms with Crippen LogP contribution in [0.2, 0.25) is 0 Å². The maximum atomic E-state index is 10.5. The summed E-state index contributed by atoms with van der Waals surface area (Å²) in [6.45, 7) is 4.00. The average Bonchev–Trinajstić information content (AvgIpc) is 2.49. The molecule has 0 atom stereocenters. The van der Waals surface area contributed by atoms with Crippen molar-refractivity contribution in [2.24, 2.45) is 0 Å².